The molecule has 0 aliphatic rings. The summed E-state index contributed by atoms with van der Waals surface area (Å²) in [7, 11) is 0. The number of alkyl halides is 1. The molecule has 4 heteroatoms. The zero-order valence-electron chi connectivity index (χ0n) is 9.34. The Bertz CT molecular complexity index is 368. The maximum atomic E-state index is 13.3. The van der Waals surface area contributed by atoms with E-state index in [0.29, 0.717) is 6.42 Å². The van der Waals surface area contributed by atoms with Gasteiger partial charge in [0, 0.05) is 11.4 Å². The van der Waals surface area contributed by atoms with Crippen molar-refractivity contribution in [2.24, 2.45) is 0 Å². The number of hydrogen-bond donors (Lipinski definition) is 1. The van der Waals surface area contributed by atoms with Crippen LogP contribution < -0.4 is 5.32 Å². The number of halogens is 2. The quantitative estimate of drug-likeness (QED) is 0.810. The number of carbonyl (C=O) groups excluding carboxylic acids is 1. The molecule has 0 aromatic heterocycles. The van der Waals surface area contributed by atoms with Crippen molar-refractivity contribution in [3.63, 3.8) is 0 Å². The van der Waals surface area contributed by atoms with Crippen LogP contribution in [0, 0.1) is 5.82 Å². The summed E-state index contributed by atoms with van der Waals surface area (Å²) >= 11 is 5.81. The van der Waals surface area contributed by atoms with Gasteiger partial charge in [-0.2, -0.15) is 0 Å². The Labute approximate surface area is 99.8 Å². The van der Waals surface area contributed by atoms with E-state index in [2.05, 4.69) is 5.32 Å². The summed E-state index contributed by atoms with van der Waals surface area (Å²) < 4.78 is 13.3. The maximum Gasteiger partial charge on any atom is 0.254 e. The van der Waals surface area contributed by atoms with Gasteiger partial charge in [-0.25, -0.2) is 4.39 Å². The minimum Gasteiger partial charge on any atom is -0.349 e. The second-order valence-electron chi connectivity index (χ2n) is 3.87. The molecular weight excluding hydrogens is 229 g/mol. The summed E-state index contributed by atoms with van der Waals surface area (Å²) in [6.07, 6.45) is 0.655. The number of amides is 1. The lowest BCUT2D eigenvalue weighted by Crippen LogP contribution is -2.34. The highest BCUT2D eigenvalue weighted by Gasteiger charge is 2.14. The van der Waals surface area contributed by atoms with E-state index in [-0.39, 0.29) is 17.0 Å². The van der Waals surface area contributed by atoms with Crippen molar-refractivity contribution >= 4 is 17.5 Å². The molecule has 0 aliphatic heterocycles. The highest BCUT2D eigenvalue weighted by molar-refractivity contribution is 6.20. The first-order valence-electron chi connectivity index (χ1n) is 5.20. The SMILES string of the molecule is CC(Cl)CC(C)NC(=O)c1ccccc1F. The fourth-order valence-corrected chi connectivity index (χ4v) is 1.76. The molecule has 1 N–H and O–H groups in total. The first-order valence-corrected chi connectivity index (χ1v) is 5.63. The minimum atomic E-state index is -0.508. The molecule has 0 heterocycles. The summed E-state index contributed by atoms with van der Waals surface area (Å²) in [5.74, 6) is -0.908. The van der Waals surface area contributed by atoms with Gasteiger partial charge in [0.05, 0.1) is 5.56 Å². The molecule has 1 rings (SSSR count). The lowest BCUT2D eigenvalue weighted by Gasteiger charge is -2.15. The highest BCUT2D eigenvalue weighted by Crippen LogP contribution is 2.08. The molecule has 2 nitrogen and oxygen atoms in total. The Morgan fingerprint density at radius 2 is 2.06 bits per heavy atom. The molecule has 0 aliphatic carbocycles. The monoisotopic (exact) mass is 243 g/mol. The van der Waals surface area contributed by atoms with Crippen LogP contribution in [-0.4, -0.2) is 17.3 Å². The van der Waals surface area contributed by atoms with Crippen molar-refractivity contribution in [3.8, 4) is 0 Å². The summed E-state index contributed by atoms with van der Waals surface area (Å²) in [4.78, 5) is 11.7. The van der Waals surface area contributed by atoms with Crippen molar-refractivity contribution in [1.29, 1.82) is 0 Å². The average molecular weight is 244 g/mol. The standard InChI is InChI=1S/C12H15ClFNO/c1-8(13)7-9(2)15-12(16)10-5-3-4-6-11(10)14/h3-6,8-9H,7H2,1-2H3,(H,15,16). The van der Waals surface area contributed by atoms with Gasteiger partial charge in [-0.05, 0) is 32.4 Å². The van der Waals surface area contributed by atoms with E-state index < -0.39 is 11.7 Å². The Kier molecular flexibility index (Phi) is 4.74. The van der Waals surface area contributed by atoms with Crippen LogP contribution in [0.4, 0.5) is 4.39 Å². The fourth-order valence-electron chi connectivity index (χ4n) is 1.49. The summed E-state index contributed by atoms with van der Waals surface area (Å²) in [6.45, 7) is 3.70. The van der Waals surface area contributed by atoms with Gasteiger partial charge in [-0.15, -0.1) is 11.6 Å². The molecule has 0 fully saturated rings. The summed E-state index contributed by atoms with van der Waals surface area (Å²) in [5, 5.41) is 2.69. The normalized spacial score (nSPS) is 14.2. The van der Waals surface area contributed by atoms with E-state index in [4.69, 9.17) is 11.6 Å². The minimum absolute atomic E-state index is 0.0177. The van der Waals surface area contributed by atoms with Crippen LogP contribution in [0.1, 0.15) is 30.6 Å². The highest BCUT2D eigenvalue weighted by atomic mass is 35.5. The molecule has 2 unspecified atom stereocenters. The van der Waals surface area contributed by atoms with E-state index in [9.17, 15) is 9.18 Å². The Balaban J connectivity index is 2.63. The maximum absolute atomic E-state index is 13.3. The van der Waals surface area contributed by atoms with E-state index in [1.165, 1.54) is 12.1 Å². The van der Waals surface area contributed by atoms with Crippen LogP contribution >= 0.6 is 11.6 Å². The molecule has 0 spiro atoms. The van der Waals surface area contributed by atoms with Gasteiger partial charge in [0.25, 0.3) is 5.91 Å². The lowest BCUT2D eigenvalue weighted by atomic mass is 10.1. The van der Waals surface area contributed by atoms with Crippen LogP contribution in [-0.2, 0) is 0 Å². The van der Waals surface area contributed by atoms with Crippen LogP contribution in [0.3, 0.4) is 0 Å². The van der Waals surface area contributed by atoms with Crippen molar-refractivity contribution < 1.29 is 9.18 Å². The summed E-state index contributed by atoms with van der Waals surface area (Å²) in [6, 6.07) is 5.84. The smallest absolute Gasteiger partial charge is 0.254 e. The number of nitrogens with one attached hydrogen (secondary N) is 1. The second-order valence-corrected chi connectivity index (χ2v) is 4.62. The molecular formula is C12H15ClFNO. The van der Waals surface area contributed by atoms with E-state index in [0.717, 1.165) is 0 Å². The van der Waals surface area contributed by atoms with Gasteiger partial charge >= 0.3 is 0 Å². The van der Waals surface area contributed by atoms with Crippen LogP contribution in [0.15, 0.2) is 24.3 Å². The number of hydrogen-bond acceptors (Lipinski definition) is 1. The molecule has 1 aromatic carbocycles. The van der Waals surface area contributed by atoms with Gasteiger partial charge in [0.15, 0.2) is 0 Å². The number of benzene rings is 1. The first kappa shape index (κ1) is 13.0. The molecule has 0 radical (unpaired) electrons. The average Bonchev–Trinajstić information content (AvgIpc) is 2.16. The number of rotatable bonds is 4. The van der Waals surface area contributed by atoms with Crippen molar-refractivity contribution in [2.75, 3.05) is 0 Å². The van der Waals surface area contributed by atoms with E-state index >= 15 is 0 Å². The van der Waals surface area contributed by atoms with Crippen LogP contribution in [0.2, 0.25) is 0 Å². The molecule has 16 heavy (non-hydrogen) atoms. The summed E-state index contributed by atoms with van der Waals surface area (Å²) in [5.41, 5.74) is 0.0663. The lowest BCUT2D eigenvalue weighted by molar-refractivity contribution is 0.0934. The van der Waals surface area contributed by atoms with Gasteiger partial charge in [0.2, 0.25) is 0 Å². The van der Waals surface area contributed by atoms with E-state index in [1.807, 2.05) is 13.8 Å². The zero-order chi connectivity index (χ0) is 12.1. The third-order valence-corrected chi connectivity index (χ3v) is 2.35. The predicted molar refractivity (Wildman–Crippen MR) is 63.3 cm³/mol. The Morgan fingerprint density at radius 3 is 2.62 bits per heavy atom. The molecule has 88 valence electrons. The number of carbonyl (C=O) groups is 1. The molecule has 1 aromatic rings. The van der Waals surface area contributed by atoms with Gasteiger partial charge in [-0.3, -0.25) is 4.79 Å². The van der Waals surface area contributed by atoms with Crippen molar-refractivity contribution in [1.82, 2.24) is 5.32 Å². The van der Waals surface area contributed by atoms with Crippen molar-refractivity contribution in [2.45, 2.75) is 31.7 Å². The van der Waals surface area contributed by atoms with Gasteiger partial charge < -0.3 is 5.32 Å². The molecule has 0 saturated carbocycles. The molecule has 0 bridgehead atoms. The predicted octanol–water partition coefficient (Wildman–Crippen LogP) is 2.96. The fraction of sp³-hybridized carbons (Fsp3) is 0.417. The topological polar surface area (TPSA) is 29.1 Å². The Morgan fingerprint density at radius 1 is 1.44 bits per heavy atom. The Hall–Kier alpha value is -1.09. The molecule has 0 saturated heterocycles. The largest absolute Gasteiger partial charge is 0.349 e. The third kappa shape index (κ3) is 3.81. The second kappa shape index (κ2) is 5.85. The third-order valence-electron chi connectivity index (χ3n) is 2.17. The first-order chi connectivity index (χ1) is 7.50. The van der Waals surface area contributed by atoms with Crippen molar-refractivity contribution in [3.05, 3.63) is 35.6 Å². The van der Waals surface area contributed by atoms with Crippen LogP contribution in [0.5, 0.6) is 0 Å². The van der Waals surface area contributed by atoms with Crippen LogP contribution in [0.25, 0.3) is 0 Å². The van der Waals surface area contributed by atoms with E-state index in [1.54, 1.807) is 12.1 Å². The zero-order valence-corrected chi connectivity index (χ0v) is 10.1. The van der Waals surface area contributed by atoms with Gasteiger partial charge in [-0.1, -0.05) is 12.1 Å². The molecule has 1 amide bonds. The van der Waals surface area contributed by atoms with Gasteiger partial charge in [0.1, 0.15) is 5.82 Å². The molecule has 2 atom stereocenters.